The molecule has 0 saturated carbocycles. The van der Waals surface area contributed by atoms with Gasteiger partial charge >= 0.3 is 6.18 Å². The van der Waals surface area contributed by atoms with Crippen molar-refractivity contribution in [2.24, 2.45) is 7.05 Å². The molecule has 1 saturated heterocycles. The minimum absolute atomic E-state index is 0.0966. The Morgan fingerprint density at radius 1 is 1.03 bits per heavy atom. The molecule has 1 N–H and O–H groups in total. The number of aromatic nitrogens is 4. The Kier molecular flexibility index (Phi) is 5.58. The summed E-state index contributed by atoms with van der Waals surface area (Å²) in [4.78, 5) is 16.5. The zero-order chi connectivity index (χ0) is 21.5. The van der Waals surface area contributed by atoms with Crippen molar-refractivity contribution in [3.63, 3.8) is 0 Å². The number of hydrogen-bond acceptors (Lipinski definition) is 6. The van der Waals surface area contributed by atoms with E-state index in [4.69, 9.17) is 0 Å². The van der Waals surface area contributed by atoms with Crippen LogP contribution in [0.25, 0.3) is 0 Å². The molecule has 1 fully saturated rings. The number of likely N-dealkylation sites (tertiary alicyclic amines) is 1. The third-order valence-electron chi connectivity index (χ3n) is 5.93. The molecular formula is C19H25F3N6O2. The molecule has 2 aliphatic heterocycles. The summed E-state index contributed by atoms with van der Waals surface area (Å²) < 4.78 is 42.0. The first kappa shape index (κ1) is 20.9. The minimum atomic E-state index is -4.54. The van der Waals surface area contributed by atoms with E-state index < -0.39 is 17.4 Å². The topological polar surface area (TPSA) is 79.4 Å². The van der Waals surface area contributed by atoms with Crippen LogP contribution >= 0.6 is 0 Å². The van der Waals surface area contributed by atoms with Gasteiger partial charge in [0.15, 0.2) is 5.75 Å². The Bertz CT molecular complexity index is 978. The predicted molar refractivity (Wildman–Crippen MR) is 102 cm³/mol. The lowest BCUT2D eigenvalue weighted by atomic mass is 10.1. The second-order valence-corrected chi connectivity index (χ2v) is 7.99. The largest absolute Gasteiger partial charge is 0.503 e. The first-order chi connectivity index (χ1) is 14.2. The summed E-state index contributed by atoms with van der Waals surface area (Å²) in [5, 5.41) is 17.4. The predicted octanol–water partition coefficient (Wildman–Crippen LogP) is 1.70. The van der Waals surface area contributed by atoms with Gasteiger partial charge in [0, 0.05) is 45.0 Å². The van der Waals surface area contributed by atoms with Crippen LogP contribution in [0.3, 0.4) is 0 Å². The fraction of sp³-hybridized carbons (Fsp3) is 0.632. The second kappa shape index (κ2) is 8.03. The molecule has 0 spiro atoms. The molecule has 8 nitrogen and oxygen atoms in total. The number of nitrogens with zero attached hydrogens (tertiary/aromatic N) is 6. The Morgan fingerprint density at radius 3 is 2.47 bits per heavy atom. The number of fused-ring (bicyclic) bond motifs is 1. The van der Waals surface area contributed by atoms with E-state index in [0.29, 0.717) is 18.8 Å². The number of hydrogen-bond donors (Lipinski definition) is 1. The van der Waals surface area contributed by atoms with Gasteiger partial charge in [0.25, 0.3) is 0 Å². The van der Waals surface area contributed by atoms with E-state index >= 15 is 0 Å². The van der Waals surface area contributed by atoms with Gasteiger partial charge in [-0.25, -0.2) is 0 Å². The molecule has 0 bridgehead atoms. The molecule has 0 unspecified atom stereocenters. The van der Waals surface area contributed by atoms with Crippen molar-refractivity contribution in [3.8, 4) is 5.75 Å². The summed E-state index contributed by atoms with van der Waals surface area (Å²) in [7, 11) is 1.81. The highest BCUT2D eigenvalue weighted by atomic mass is 19.4. The van der Waals surface area contributed by atoms with Gasteiger partial charge in [-0.1, -0.05) is 6.42 Å². The van der Waals surface area contributed by atoms with Crippen LogP contribution in [-0.4, -0.2) is 53.9 Å². The highest BCUT2D eigenvalue weighted by Crippen LogP contribution is 2.30. The fourth-order valence-corrected chi connectivity index (χ4v) is 4.23. The number of alkyl halides is 3. The minimum Gasteiger partial charge on any atom is -0.503 e. The molecule has 0 atom stereocenters. The zero-order valence-corrected chi connectivity index (χ0v) is 16.8. The van der Waals surface area contributed by atoms with Gasteiger partial charge in [0.2, 0.25) is 11.3 Å². The van der Waals surface area contributed by atoms with Crippen LogP contribution in [0.4, 0.5) is 13.2 Å². The molecule has 4 rings (SSSR count). The maximum atomic E-state index is 13.0. The summed E-state index contributed by atoms with van der Waals surface area (Å²) >= 11 is 0. The number of piperidine rings is 1. The molecule has 11 heteroatoms. The standard InChI is InChI=1S/C19H25F3N6O2/c1-25-13(10-26-5-3-2-4-6-26)9-15(29)17(30)14(25)11-27-7-8-28-16(12-27)23-24-18(28)19(20,21)22/h9,30H,2-8,10-12H2,1H3. The van der Waals surface area contributed by atoms with Gasteiger partial charge in [0.05, 0.1) is 12.2 Å². The van der Waals surface area contributed by atoms with Crippen molar-refractivity contribution in [3.05, 3.63) is 39.3 Å². The summed E-state index contributed by atoms with van der Waals surface area (Å²) in [6.07, 6.45) is -1.06. The molecule has 0 aromatic carbocycles. The van der Waals surface area contributed by atoms with Crippen molar-refractivity contribution >= 4 is 0 Å². The molecule has 2 aromatic rings. The number of aromatic hydroxyl groups is 1. The van der Waals surface area contributed by atoms with Crippen LogP contribution in [0, 0.1) is 0 Å². The average Bonchev–Trinajstić information content (AvgIpc) is 3.14. The molecular weight excluding hydrogens is 401 g/mol. The van der Waals surface area contributed by atoms with Crippen LogP contribution in [0.5, 0.6) is 5.75 Å². The van der Waals surface area contributed by atoms with Gasteiger partial charge in [-0.3, -0.25) is 14.6 Å². The van der Waals surface area contributed by atoms with E-state index in [1.807, 2.05) is 16.5 Å². The van der Waals surface area contributed by atoms with Gasteiger partial charge in [0.1, 0.15) is 5.82 Å². The molecule has 30 heavy (non-hydrogen) atoms. The number of halogens is 3. The third-order valence-corrected chi connectivity index (χ3v) is 5.93. The summed E-state index contributed by atoms with van der Waals surface area (Å²) in [6, 6.07) is 1.47. The maximum absolute atomic E-state index is 13.0. The lowest BCUT2D eigenvalue weighted by molar-refractivity contribution is -0.148. The van der Waals surface area contributed by atoms with Crippen molar-refractivity contribution in [1.82, 2.24) is 29.1 Å². The highest BCUT2D eigenvalue weighted by Gasteiger charge is 2.39. The van der Waals surface area contributed by atoms with Crippen molar-refractivity contribution in [2.45, 2.75) is 51.6 Å². The van der Waals surface area contributed by atoms with E-state index in [-0.39, 0.29) is 31.2 Å². The van der Waals surface area contributed by atoms with E-state index in [2.05, 4.69) is 15.1 Å². The lowest BCUT2D eigenvalue weighted by Gasteiger charge is -2.30. The number of rotatable bonds is 4. The van der Waals surface area contributed by atoms with Crippen molar-refractivity contribution in [1.29, 1.82) is 0 Å². The van der Waals surface area contributed by atoms with Gasteiger partial charge in [-0.15, -0.1) is 10.2 Å². The molecule has 0 aliphatic carbocycles. The van der Waals surface area contributed by atoms with Crippen molar-refractivity contribution < 1.29 is 18.3 Å². The van der Waals surface area contributed by atoms with E-state index in [0.717, 1.165) is 36.2 Å². The first-order valence-corrected chi connectivity index (χ1v) is 10.1. The summed E-state index contributed by atoms with van der Waals surface area (Å²) in [6.45, 7) is 3.41. The summed E-state index contributed by atoms with van der Waals surface area (Å²) in [5.41, 5.74) is 0.836. The van der Waals surface area contributed by atoms with Crippen LogP contribution in [0.15, 0.2) is 10.9 Å². The van der Waals surface area contributed by atoms with Gasteiger partial charge in [-0.05, 0) is 25.9 Å². The molecule has 4 heterocycles. The molecule has 0 amide bonds. The van der Waals surface area contributed by atoms with Crippen LogP contribution in [0.2, 0.25) is 0 Å². The Morgan fingerprint density at radius 2 is 1.77 bits per heavy atom. The Hall–Kier alpha value is -2.40. The fourth-order valence-electron chi connectivity index (χ4n) is 4.23. The first-order valence-electron chi connectivity index (χ1n) is 10.1. The monoisotopic (exact) mass is 426 g/mol. The number of pyridine rings is 1. The van der Waals surface area contributed by atoms with Gasteiger partial charge in [-0.2, -0.15) is 13.2 Å². The van der Waals surface area contributed by atoms with E-state index in [1.165, 1.54) is 12.5 Å². The van der Waals surface area contributed by atoms with Crippen LogP contribution in [0.1, 0.15) is 42.3 Å². The van der Waals surface area contributed by atoms with E-state index in [1.54, 1.807) is 0 Å². The highest BCUT2D eigenvalue weighted by molar-refractivity contribution is 5.30. The van der Waals surface area contributed by atoms with Gasteiger partial charge < -0.3 is 14.2 Å². The molecule has 164 valence electrons. The molecule has 0 radical (unpaired) electrons. The van der Waals surface area contributed by atoms with Crippen molar-refractivity contribution in [2.75, 3.05) is 19.6 Å². The summed E-state index contributed by atoms with van der Waals surface area (Å²) in [5.74, 6) is -1.08. The normalized spacial score (nSPS) is 18.5. The van der Waals surface area contributed by atoms with E-state index in [9.17, 15) is 23.1 Å². The van der Waals surface area contributed by atoms with Crippen LogP contribution in [-0.2, 0) is 39.4 Å². The maximum Gasteiger partial charge on any atom is 0.451 e. The second-order valence-electron chi connectivity index (χ2n) is 7.99. The average molecular weight is 426 g/mol. The Balaban J connectivity index is 1.54. The lowest BCUT2D eigenvalue weighted by Crippen LogP contribution is -2.36. The SMILES string of the molecule is Cn1c(CN2CCCCC2)cc(=O)c(O)c1CN1CCn2c(nnc2C(F)(F)F)C1. The molecule has 2 aromatic heterocycles. The molecule has 2 aliphatic rings. The van der Waals surface area contributed by atoms with Crippen LogP contribution < -0.4 is 5.43 Å². The quantitative estimate of drug-likeness (QED) is 0.802. The smallest absolute Gasteiger partial charge is 0.451 e. The Labute approximate surface area is 171 Å². The third kappa shape index (κ3) is 4.08. The zero-order valence-electron chi connectivity index (χ0n) is 16.8.